The van der Waals surface area contributed by atoms with Crippen molar-refractivity contribution in [3.05, 3.63) is 35.9 Å². The molecule has 112 valence electrons. The molecule has 2 rings (SSSR count). The highest BCUT2D eigenvalue weighted by Gasteiger charge is 2.26. The molecule has 0 heterocycles. The van der Waals surface area contributed by atoms with Crippen LogP contribution in [0.15, 0.2) is 30.3 Å². The quantitative estimate of drug-likeness (QED) is 0.726. The Kier molecular flexibility index (Phi) is 5.58. The Hall–Kier alpha value is -0.900. The van der Waals surface area contributed by atoms with Crippen LogP contribution in [-0.2, 0) is 6.54 Å². The third-order valence-corrected chi connectivity index (χ3v) is 3.76. The molecule has 0 bridgehead atoms. The maximum absolute atomic E-state index is 9.28. The van der Waals surface area contributed by atoms with Gasteiger partial charge >= 0.3 is 0 Å². The van der Waals surface area contributed by atoms with E-state index in [4.69, 9.17) is 0 Å². The molecule has 0 spiro atoms. The largest absolute Gasteiger partial charge is 0.395 e. The molecule has 0 atom stereocenters. The summed E-state index contributed by atoms with van der Waals surface area (Å²) in [5.74, 6) is 0. The van der Waals surface area contributed by atoms with Crippen molar-refractivity contribution in [3.63, 3.8) is 0 Å². The van der Waals surface area contributed by atoms with E-state index in [0.717, 1.165) is 32.2 Å². The predicted molar refractivity (Wildman–Crippen MR) is 83.6 cm³/mol. The highest BCUT2D eigenvalue weighted by Crippen LogP contribution is 2.23. The summed E-state index contributed by atoms with van der Waals surface area (Å²) < 4.78 is 0. The monoisotopic (exact) mass is 276 g/mol. The van der Waals surface area contributed by atoms with E-state index in [2.05, 4.69) is 48.3 Å². The molecule has 0 amide bonds. The fraction of sp³-hybridized carbons (Fsp3) is 0.647. The van der Waals surface area contributed by atoms with Gasteiger partial charge in [0.1, 0.15) is 0 Å². The number of nitrogens with one attached hydrogen (secondary N) is 1. The second-order valence-corrected chi connectivity index (χ2v) is 6.74. The van der Waals surface area contributed by atoms with Gasteiger partial charge in [-0.3, -0.25) is 4.90 Å². The van der Waals surface area contributed by atoms with Crippen LogP contribution in [0.2, 0.25) is 0 Å². The molecule has 3 nitrogen and oxygen atoms in total. The third kappa shape index (κ3) is 5.61. The Bertz CT molecular complexity index is 387. The summed E-state index contributed by atoms with van der Waals surface area (Å²) >= 11 is 0. The molecule has 1 saturated carbocycles. The predicted octanol–water partition coefficient (Wildman–Crippen LogP) is 2.26. The van der Waals surface area contributed by atoms with Crippen molar-refractivity contribution in [2.45, 2.75) is 39.3 Å². The van der Waals surface area contributed by atoms with Crippen LogP contribution >= 0.6 is 0 Å². The number of nitrogens with zero attached hydrogens (tertiary/aromatic N) is 1. The van der Waals surface area contributed by atoms with Crippen molar-refractivity contribution in [2.75, 3.05) is 26.2 Å². The van der Waals surface area contributed by atoms with Crippen LogP contribution < -0.4 is 5.32 Å². The first-order valence-corrected chi connectivity index (χ1v) is 7.69. The summed E-state index contributed by atoms with van der Waals surface area (Å²) in [6.45, 7) is 8.53. The third-order valence-electron chi connectivity index (χ3n) is 3.76. The standard InChI is InChI=1S/C17H28N2O/c1-17(2,13-18-16-8-9-16)14-19(10-11-20)12-15-6-4-3-5-7-15/h3-7,16,18,20H,8-14H2,1-2H3. The zero-order chi connectivity index (χ0) is 14.4. The van der Waals surface area contributed by atoms with Crippen LogP contribution in [0.1, 0.15) is 32.3 Å². The molecule has 0 saturated heterocycles. The van der Waals surface area contributed by atoms with E-state index in [1.54, 1.807) is 0 Å². The Morgan fingerprint density at radius 1 is 1.25 bits per heavy atom. The second kappa shape index (κ2) is 7.21. The molecule has 1 fully saturated rings. The molecule has 0 unspecified atom stereocenters. The van der Waals surface area contributed by atoms with E-state index in [0.29, 0.717) is 0 Å². The van der Waals surface area contributed by atoms with Gasteiger partial charge in [0.2, 0.25) is 0 Å². The summed E-state index contributed by atoms with van der Waals surface area (Å²) in [4.78, 5) is 2.35. The number of rotatable bonds is 9. The first kappa shape index (κ1) is 15.5. The normalized spacial score (nSPS) is 15.8. The first-order valence-electron chi connectivity index (χ1n) is 7.69. The average molecular weight is 276 g/mol. The maximum atomic E-state index is 9.28. The van der Waals surface area contributed by atoms with E-state index < -0.39 is 0 Å². The topological polar surface area (TPSA) is 35.5 Å². The van der Waals surface area contributed by atoms with Crippen molar-refractivity contribution < 1.29 is 5.11 Å². The molecular formula is C17H28N2O. The molecule has 1 aliphatic carbocycles. The highest BCUT2D eigenvalue weighted by atomic mass is 16.3. The van der Waals surface area contributed by atoms with Crippen LogP contribution in [0.3, 0.4) is 0 Å². The van der Waals surface area contributed by atoms with Crippen LogP contribution in [-0.4, -0.2) is 42.3 Å². The van der Waals surface area contributed by atoms with Crippen molar-refractivity contribution in [2.24, 2.45) is 5.41 Å². The summed E-state index contributed by atoms with van der Waals surface area (Å²) in [6.07, 6.45) is 2.67. The van der Waals surface area contributed by atoms with E-state index >= 15 is 0 Å². The number of aliphatic hydroxyl groups excluding tert-OH is 1. The van der Waals surface area contributed by atoms with Crippen LogP contribution in [0.5, 0.6) is 0 Å². The lowest BCUT2D eigenvalue weighted by Gasteiger charge is -2.33. The minimum Gasteiger partial charge on any atom is -0.395 e. The lowest BCUT2D eigenvalue weighted by molar-refractivity contribution is 0.136. The van der Waals surface area contributed by atoms with Gasteiger partial charge in [0, 0.05) is 32.2 Å². The molecule has 20 heavy (non-hydrogen) atoms. The van der Waals surface area contributed by atoms with Gasteiger partial charge in [-0.15, -0.1) is 0 Å². The smallest absolute Gasteiger partial charge is 0.0558 e. The highest BCUT2D eigenvalue weighted by molar-refractivity contribution is 5.14. The second-order valence-electron chi connectivity index (χ2n) is 6.74. The van der Waals surface area contributed by atoms with Crippen molar-refractivity contribution >= 4 is 0 Å². The molecule has 3 heteroatoms. The molecule has 1 aliphatic rings. The molecular weight excluding hydrogens is 248 g/mol. The van der Waals surface area contributed by atoms with E-state index in [-0.39, 0.29) is 12.0 Å². The van der Waals surface area contributed by atoms with Gasteiger partial charge in [0.25, 0.3) is 0 Å². The Morgan fingerprint density at radius 2 is 1.95 bits per heavy atom. The molecule has 1 aromatic rings. The zero-order valence-electron chi connectivity index (χ0n) is 12.8. The number of benzene rings is 1. The van der Waals surface area contributed by atoms with E-state index in [9.17, 15) is 5.11 Å². The van der Waals surface area contributed by atoms with Crippen LogP contribution in [0.25, 0.3) is 0 Å². The average Bonchev–Trinajstić information content (AvgIpc) is 3.21. The van der Waals surface area contributed by atoms with Gasteiger partial charge < -0.3 is 10.4 Å². The molecule has 2 N–H and O–H groups in total. The Morgan fingerprint density at radius 3 is 2.55 bits per heavy atom. The fourth-order valence-corrected chi connectivity index (χ4v) is 2.57. The Labute approximate surface area is 123 Å². The fourth-order valence-electron chi connectivity index (χ4n) is 2.57. The summed E-state index contributed by atoms with van der Waals surface area (Å²) in [7, 11) is 0. The zero-order valence-corrected chi connectivity index (χ0v) is 12.8. The maximum Gasteiger partial charge on any atom is 0.0558 e. The van der Waals surface area contributed by atoms with E-state index in [1.165, 1.54) is 18.4 Å². The van der Waals surface area contributed by atoms with Crippen molar-refractivity contribution in [1.82, 2.24) is 10.2 Å². The minimum absolute atomic E-state index is 0.221. The number of hydrogen-bond acceptors (Lipinski definition) is 3. The summed E-state index contributed by atoms with van der Waals surface area (Å²) in [5, 5.41) is 12.9. The van der Waals surface area contributed by atoms with Gasteiger partial charge in [-0.2, -0.15) is 0 Å². The molecule has 0 aliphatic heterocycles. The van der Waals surface area contributed by atoms with E-state index in [1.807, 2.05) is 6.07 Å². The van der Waals surface area contributed by atoms with Crippen molar-refractivity contribution in [3.8, 4) is 0 Å². The first-order chi connectivity index (χ1) is 9.59. The summed E-state index contributed by atoms with van der Waals surface area (Å²) in [5.41, 5.74) is 1.54. The molecule has 0 radical (unpaired) electrons. The van der Waals surface area contributed by atoms with Crippen LogP contribution in [0.4, 0.5) is 0 Å². The number of aliphatic hydroxyl groups is 1. The van der Waals surface area contributed by atoms with Gasteiger partial charge in [-0.05, 0) is 23.8 Å². The van der Waals surface area contributed by atoms with Gasteiger partial charge in [-0.1, -0.05) is 44.2 Å². The van der Waals surface area contributed by atoms with Crippen molar-refractivity contribution in [1.29, 1.82) is 0 Å². The summed E-state index contributed by atoms with van der Waals surface area (Å²) in [6, 6.07) is 11.3. The van der Waals surface area contributed by atoms with Gasteiger partial charge in [0.15, 0.2) is 0 Å². The molecule has 1 aromatic carbocycles. The minimum atomic E-state index is 0.221. The number of hydrogen-bond donors (Lipinski definition) is 2. The van der Waals surface area contributed by atoms with Gasteiger partial charge in [0.05, 0.1) is 6.61 Å². The molecule has 0 aromatic heterocycles. The van der Waals surface area contributed by atoms with Gasteiger partial charge in [-0.25, -0.2) is 0 Å². The lowest BCUT2D eigenvalue weighted by Crippen LogP contribution is -2.41. The SMILES string of the molecule is CC(C)(CNC1CC1)CN(CCO)Cc1ccccc1. The lowest BCUT2D eigenvalue weighted by atomic mass is 9.92. The Balaban J connectivity index is 1.86. The van der Waals surface area contributed by atoms with Crippen LogP contribution in [0, 0.1) is 5.41 Å².